The van der Waals surface area contributed by atoms with Crippen molar-refractivity contribution >= 4 is 46.9 Å². The Morgan fingerprint density at radius 3 is 2.57 bits per heavy atom. The van der Waals surface area contributed by atoms with Crippen molar-refractivity contribution in [3.05, 3.63) is 66.1 Å². The minimum absolute atomic E-state index is 0. The van der Waals surface area contributed by atoms with Gasteiger partial charge in [-0.3, -0.25) is 4.90 Å². The molecular formula is C27H32Cl2N6O2. The van der Waals surface area contributed by atoms with Gasteiger partial charge in [-0.1, -0.05) is 23.4 Å². The van der Waals surface area contributed by atoms with Crippen LogP contribution >= 0.6 is 24.8 Å². The first-order chi connectivity index (χ1) is 17.2. The number of fused-ring (bicyclic) bond motifs is 2. The van der Waals surface area contributed by atoms with E-state index in [4.69, 9.17) is 19.2 Å². The first-order valence-electron chi connectivity index (χ1n) is 12.3. The molecule has 1 aliphatic rings. The van der Waals surface area contributed by atoms with E-state index in [2.05, 4.69) is 61.8 Å². The van der Waals surface area contributed by atoms with E-state index in [0.29, 0.717) is 0 Å². The summed E-state index contributed by atoms with van der Waals surface area (Å²) in [5, 5.41) is 5.38. The molecule has 1 saturated heterocycles. The van der Waals surface area contributed by atoms with Crippen LogP contribution in [0.15, 0.2) is 53.3 Å². The Bertz CT molecular complexity index is 1470. The molecule has 1 fully saturated rings. The van der Waals surface area contributed by atoms with Gasteiger partial charge in [-0.15, -0.1) is 24.8 Å². The van der Waals surface area contributed by atoms with Gasteiger partial charge in [0.15, 0.2) is 5.65 Å². The molecule has 1 aromatic carbocycles. The Morgan fingerprint density at radius 2 is 1.78 bits per heavy atom. The molecule has 0 amide bonds. The van der Waals surface area contributed by atoms with Gasteiger partial charge in [-0.05, 0) is 37.4 Å². The number of imidazole rings is 1. The van der Waals surface area contributed by atoms with E-state index in [1.807, 2.05) is 20.0 Å². The smallest absolute Gasteiger partial charge is 0.160 e. The lowest BCUT2D eigenvalue weighted by molar-refractivity contribution is 0.0364. The molecule has 5 aromatic rings. The van der Waals surface area contributed by atoms with Crippen LogP contribution in [0.2, 0.25) is 0 Å². The van der Waals surface area contributed by atoms with E-state index < -0.39 is 0 Å². The minimum Gasteiger partial charge on any atom is -0.379 e. The number of hydrogen-bond donors (Lipinski definition) is 0. The Balaban J connectivity index is 0.00000160. The zero-order chi connectivity index (χ0) is 23.8. The minimum atomic E-state index is 0. The van der Waals surface area contributed by atoms with Crippen LogP contribution in [-0.4, -0.2) is 62.0 Å². The average molecular weight is 543 g/mol. The molecule has 0 saturated carbocycles. The van der Waals surface area contributed by atoms with Crippen molar-refractivity contribution in [2.75, 3.05) is 32.8 Å². The van der Waals surface area contributed by atoms with Crippen molar-refractivity contribution in [2.24, 2.45) is 0 Å². The fourth-order valence-corrected chi connectivity index (χ4v) is 5.14. The van der Waals surface area contributed by atoms with Gasteiger partial charge in [0.2, 0.25) is 0 Å². The number of halogens is 2. The van der Waals surface area contributed by atoms with E-state index in [1.165, 1.54) is 10.9 Å². The number of morpholine rings is 1. The summed E-state index contributed by atoms with van der Waals surface area (Å²) in [6.45, 7) is 10.1. The maximum absolute atomic E-state index is 5.52. The van der Waals surface area contributed by atoms with Gasteiger partial charge in [0, 0.05) is 68.2 Å². The van der Waals surface area contributed by atoms with Crippen LogP contribution < -0.4 is 0 Å². The molecular weight excluding hydrogens is 511 g/mol. The molecule has 0 atom stereocenters. The van der Waals surface area contributed by atoms with Crippen molar-refractivity contribution in [3.63, 3.8) is 0 Å². The highest BCUT2D eigenvalue weighted by Crippen LogP contribution is 2.29. The van der Waals surface area contributed by atoms with Crippen LogP contribution in [0.1, 0.15) is 17.3 Å². The lowest BCUT2D eigenvalue weighted by Crippen LogP contribution is -2.38. The Kier molecular flexibility index (Phi) is 8.54. The van der Waals surface area contributed by atoms with Gasteiger partial charge >= 0.3 is 0 Å². The quantitative estimate of drug-likeness (QED) is 0.285. The maximum atomic E-state index is 5.52. The lowest BCUT2D eigenvalue weighted by Gasteiger charge is -2.26. The third kappa shape index (κ3) is 5.38. The number of aromatic nitrogens is 5. The molecule has 196 valence electrons. The van der Waals surface area contributed by atoms with E-state index >= 15 is 0 Å². The fourth-order valence-electron chi connectivity index (χ4n) is 5.14. The normalized spacial score (nSPS) is 14.1. The summed E-state index contributed by atoms with van der Waals surface area (Å²) in [6, 6.07) is 12.8. The lowest BCUT2D eigenvalue weighted by atomic mass is 10.1. The number of ether oxygens (including phenoxy) is 1. The highest BCUT2D eigenvalue weighted by atomic mass is 35.5. The van der Waals surface area contributed by atoms with Crippen molar-refractivity contribution in [1.82, 2.24) is 29.2 Å². The summed E-state index contributed by atoms with van der Waals surface area (Å²) in [5.41, 5.74) is 5.97. The molecule has 0 bridgehead atoms. The molecule has 37 heavy (non-hydrogen) atoms. The van der Waals surface area contributed by atoms with Crippen LogP contribution in [0.3, 0.4) is 0 Å². The first kappa shape index (κ1) is 27.1. The Morgan fingerprint density at radius 1 is 0.973 bits per heavy atom. The predicted molar refractivity (Wildman–Crippen MR) is 150 cm³/mol. The number of nitrogens with zero attached hydrogens (tertiary/aromatic N) is 6. The maximum Gasteiger partial charge on any atom is 0.160 e. The van der Waals surface area contributed by atoms with Crippen molar-refractivity contribution in [3.8, 4) is 11.1 Å². The highest BCUT2D eigenvalue weighted by molar-refractivity contribution is 5.85. The number of rotatable bonds is 7. The largest absolute Gasteiger partial charge is 0.379 e. The van der Waals surface area contributed by atoms with Crippen molar-refractivity contribution < 1.29 is 9.26 Å². The molecule has 0 spiro atoms. The Hall–Kier alpha value is -2.91. The summed E-state index contributed by atoms with van der Waals surface area (Å²) < 4.78 is 15.5. The first-order valence-corrected chi connectivity index (χ1v) is 12.3. The molecule has 0 unspecified atom stereocenters. The van der Waals surface area contributed by atoms with E-state index in [-0.39, 0.29) is 24.8 Å². The van der Waals surface area contributed by atoms with Crippen molar-refractivity contribution in [1.29, 1.82) is 0 Å². The highest BCUT2D eigenvalue weighted by Gasteiger charge is 2.18. The summed E-state index contributed by atoms with van der Waals surface area (Å²) in [7, 11) is 0. The molecule has 10 heteroatoms. The van der Waals surface area contributed by atoms with Crippen LogP contribution in [0.5, 0.6) is 0 Å². The molecule has 1 aliphatic heterocycles. The number of hydrogen-bond acceptors (Lipinski definition) is 6. The molecule has 6 rings (SSSR count). The molecule has 4 aromatic heterocycles. The van der Waals surface area contributed by atoms with Gasteiger partial charge < -0.3 is 18.4 Å². The van der Waals surface area contributed by atoms with E-state index in [1.54, 1.807) is 0 Å². The SMILES string of the molecule is Cc1noc(C)c1-c1cnc2c(c1)nc(CCn1ccc3ccccc31)n2CCN1CCOCC1.Cl.Cl. The number of pyridine rings is 1. The van der Waals surface area contributed by atoms with Gasteiger partial charge in [-0.25, -0.2) is 9.97 Å². The summed E-state index contributed by atoms with van der Waals surface area (Å²) in [6.07, 6.45) is 4.92. The second-order valence-corrected chi connectivity index (χ2v) is 9.22. The van der Waals surface area contributed by atoms with Crippen molar-refractivity contribution in [2.45, 2.75) is 33.4 Å². The van der Waals surface area contributed by atoms with Crippen LogP contribution in [-0.2, 0) is 24.2 Å². The number of para-hydroxylation sites is 1. The van der Waals surface area contributed by atoms with Crippen LogP contribution in [0.4, 0.5) is 0 Å². The summed E-state index contributed by atoms with van der Waals surface area (Å²) in [4.78, 5) is 12.4. The Labute approximate surface area is 228 Å². The number of benzene rings is 1. The van der Waals surface area contributed by atoms with Gasteiger partial charge in [-0.2, -0.15) is 0 Å². The third-order valence-electron chi connectivity index (χ3n) is 6.99. The molecule has 0 aliphatic carbocycles. The standard InChI is InChI=1S/C27H30N6O2.2ClH/c1-19-26(20(2)35-30-19)22-17-23-27(28-18-22)33(12-11-31-13-15-34-16-14-31)25(29-23)8-10-32-9-7-21-5-3-4-6-24(21)32;;/h3-7,9,17-18H,8,10-16H2,1-2H3;2*1H. The molecule has 0 N–H and O–H groups in total. The summed E-state index contributed by atoms with van der Waals surface area (Å²) >= 11 is 0. The van der Waals surface area contributed by atoms with Crippen LogP contribution in [0, 0.1) is 13.8 Å². The van der Waals surface area contributed by atoms with E-state index in [9.17, 15) is 0 Å². The monoisotopic (exact) mass is 542 g/mol. The zero-order valence-corrected chi connectivity index (χ0v) is 22.7. The number of aryl methyl sites for hydroxylation is 4. The zero-order valence-electron chi connectivity index (χ0n) is 21.1. The second kappa shape index (κ2) is 11.6. The predicted octanol–water partition coefficient (Wildman–Crippen LogP) is 5.08. The third-order valence-corrected chi connectivity index (χ3v) is 6.99. The molecule has 0 radical (unpaired) electrons. The second-order valence-electron chi connectivity index (χ2n) is 9.22. The average Bonchev–Trinajstić information content (AvgIpc) is 3.56. The van der Waals surface area contributed by atoms with Gasteiger partial charge in [0.25, 0.3) is 0 Å². The molecule has 5 heterocycles. The summed E-state index contributed by atoms with van der Waals surface area (Å²) in [5.74, 6) is 1.87. The van der Waals surface area contributed by atoms with E-state index in [0.717, 1.165) is 91.9 Å². The van der Waals surface area contributed by atoms with Gasteiger partial charge in [0.1, 0.15) is 17.1 Å². The fraction of sp³-hybridized carbons (Fsp3) is 0.370. The van der Waals surface area contributed by atoms with Crippen LogP contribution in [0.25, 0.3) is 33.2 Å². The van der Waals surface area contributed by atoms with Gasteiger partial charge in [0.05, 0.1) is 18.9 Å². The topological polar surface area (TPSA) is 74.1 Å². The molecule has 8 nitrogen and oxygen atoms in total.